The van der Waals surface area contributed by atoms with Gasteiger partial charge in [-0.1, -0.05) is 54.6 Å². The third-order valence-corrected chi connectivity index (χ3v) is 11.0. The number of carbonyl (C=O) groups excluding carboxylic acids is 3. The minimum Gasteiger partial charge on any atom is -0.369 e. The van der Waals surface area contributed by atoms with Gasteiger partial charge in [-0.15, -0.1) is 0 Å². The molecular formula is C35H39F4N5O5S. The van der Waals surface area contributed by atoms with E-state index >= 15 is 13.2 Å². The Kier molecular flexibility index (Phi) is 10.3. The van der Waals surface area contributed by atoms with E-state index in [1.807, 2.05) is 0 Å². The van der Waals surface area contributed by atoms with Gasteiger partial charge < -0.3 is 16.4 Å². The number of amides is 2. The van der Waals surface area contributed by atoms with E-state index in [-0.39, 0.29) is 30.0 Å². The summed E-state index contributed by atoms with van der Waals surface area (Å²) in [5.74, 6) is -2.66. The first kappa shape index (κ1) is 37.1. The average Bonchev–Trinajstić information content (AvgIpc) is 3.88. The molecule has 0 bridgehead atoms. The second-order valence-electron chi connectivity index (χ2n) is 13.5. The fourth-order valence-electron chi connectivity index (χ4n) is 6.52. The monoisotopic (exact) mass is 717 g/mol. The van der Waals surface area contributed by atoms with Gasteiger partial charge in [0.15, 0.2) is 16.9 Å². The van der Waals surface area contributed by atoms with Crippen molar-refractivity contribution >= 4 is 27.6 Å². The van der Waals surface area contributed by atoms with Gasteiger partial charge in [0.25, 0.3) is 10.0 Å². The van der Waals surface area contributed by atoms with Crippen molar-refractivity contribution in [2.75, 3.05) is 13.1 Å². The van der Waals surface area contributed by atoms with E-state index in [9.17, 15) is 27.2 Å². The highest BCUT2D eigenvalue weighted by Crippen LogP contribution is 2.48. The Morgan fingerprint density at radius 1 is 1.00 bits per heavy atom. The first-order chi connectivity index (χ1) is 23.3. The maximum Gasteiger partial charge on any atom is 0.413 e. The predicted molar refractivity (Wildman–Crippen MR) is 176 cm³/mol. The molecule has 3 aromatic rings. The molecule has 2 aromatic carbocycles. The van der Waals surface area contributed by atoms with E-state index in [1.54, 1.807) is 24.3 Å². The van der Waals surface area contributed by atoms with Gasteiger partial charge in [-0.25, -0.2) is 17.8 Å². The van der Waals surface area contributed by atoms with E-state index in [0.717, 1.165) is 23.7 Å². The zero-order valence-electron chi connectivity index (χ0n) is 27.6. The number of Topliss-reactive ketones (excluding diaryl/α,β-unsaturated/α-hetero) is 1. The van der Waals surface area contributed by atoms with Gasteiger partial charge in [0.2, 0.25) is 11.8 Å². The van der Waals surface area contributed by atoms with Crippen molar-refractivity contribution in [1.29, 1.82) is 0 Å². The zero-order chi connectivity index (χ0) is 36.6. The summed E-state index contributed by atoms with van der Waals surface area (Å²) in [7, 11) is -4.29. The van der Waals surface area contributed by atoms with E-state index < -0.39 is 76.0 Å². The molecule has 0 radical (unpaired) electrons. The molecule has 0 spiro atoms. The van der Waals surface area contributed by atoms with Crippen molar-refractivity contribution in [1.82, 2.24) is 14.2 Å². The second-order valence-corrected chi connectivity index (χ2v) is 15.4. The van der Waals surface area contributed by atoms with Crippen LogP contribution in [0.3, 0.4) is 0 Å². The van der Waals surface area contributed by atoms with E-state index in [2.05, 4.69) is 4.98 Å². The maximum atomic E-state index is 15.2. The number of nitrogens with two attached hydrogens (primary N) is 2. The van der Waals surface area contributed by atoms with Crippen LogP contribution in [-0.4, -0.2) is 77.2 Å². The molecule has 1 unspecified atom stereocenters. The second kappa shape index (κ2) is 13.8. The van der Waals surface area contributed by atoms with Crippen LogP contribution in [0.1, 0.15) is 63.1 Å². The number of carbonyl (C=O) groups is 3. The number of pyridine rings is 1. The molecule has 268 valence electrons. The summed E-state index contributed by atoms with van der Waals surface area (Å²) < 4.78 is 87.6. The van der Waals surface area contributed by atoms with Gasteiger partial charge in [0.1, 0.15) is 5.67 Å². The average molecular weight is 718 g/mol. The van der Waals surface area contributed by atoms with Crippen LogP contribution in [0.25, 0.3) is 11.1 Å². The fraction of sp³-hybridized carbons (Fsp3) is 0.429. The van der Waals surface area contributed by atoms with Crippen LogP contribution in [0.15, 0.2) is 78.0 Å². The molecule has 2 amide bonds. The molecular weight excluding hydrogens is 678 g/mol. The number of sulfonamides is 1. The standard InChI is InChI=1S/C35H39F4N5O5S/c1-33(2,36)20-26(40)31(46)44(27-6-5-19-43(21-28(27)45)50(48,49)29-7-3-4-18-42-29)30(35(37,38)39)24-10-8-22(9-11-24)23-12-14-25(15-13-23)34(16-17-34)32(41)47/h3-4,7-15,18,26-27,30H,5-6,16-17,19-21,40H2,1-2H3,(H2,41,47)/t26-,27?,30-/m0/s1. The van der Waals surface area contributed by atoms with Crippen LogP contribution in [0, 0.1) is 0 Å². The topological polar surface area (TPSA) is 157 Å². The summed E-state index contributed by atoms with van der Waals surface area (Å²) in [4.78, 5) is 43.8. The van der Waals surface area contributed by atoms with Gasteiger partial charge in [-0.2, -0.15) is 17.5 Å². The van der Waals surface area contributed by atoms with Gasteiger partial charge in [0, 0.05) is 19.2 Å². The lowest BCUT2D eigenvalue weighted by molar-refractivity contribution is -0.199. The Hall–Kier alpha value is -4.21. The van der Waals surface area contributed by atoms with Gasteiger partial charge >= 0.3 is 6.18 Å². The van der Waals surface area contributed by atoms with E-state index in [0.29, 0.717) is 28.9 Å². The Labute approximate surface area is 287 Å². The highest BCUT2D eigenvalue weighted by molar-refractivity contribution is 7.89. The molecule has 3 atom stereocenters. The summed E-state index contributed by atoms with van der Waals surface area (Å²) in [6, 6.07) is 10.3. The molecule has 2 aliphatic rings. The number of primary amides is 1. The quantitative estimate of drug-likeness (QED) is 0.275. The summed E-state index contributed by atoms with van der Waals surface area (Å²) >= 11 is 0. The fourth-order valence-corrected chi connectivity index (χ4v) is 7.90. The molecule has 10 nitrogen and oxygen atoms in total. The van der Waals surface area contributed by atoms with Crippen LogP contribution < -0.4 is 11.5 Å². The number of ketones is 1. The van der Waals surface area contributed by atoms with Crippen molar-refractivity contribution in [3.63, 3.8) is 0 Å². The first-order valence-corrected chi connectivity index (χ1v) is 17.6. The van der Waals surface area contributed by atoms with Crippen LogP contribution in [0.4, 0.5) is 17.6 Å². The van der Waals surface area contributed by atoms with Crippen LogP contribution in [0.5, 0.6) is 0 Å². The molecule has 2 heterocycles. The van der Waals surface area contributed by atoms with Crippen LogP contribution >= 0.6 is 0 Å². The molecule has 2 fully saturated rings. The lowest BCUT2D eigenvalue weighted by atomic mass is 9.92. The lowest BCUT2D eigenvalue weighted by Gasteiger charge is -2.40. The zero-order valence-corrected chi connectivity index (χ0v) is 28.4. The molecule has 1 aliphatic heterocycles. The van der Waals surface area contributed by atoms with Crippen molar-refractivity contribution in [2.45, 2.75) is 86.4 Å². The number of rotatable bonds is 11. The third-order valence-electron chi connectivity index (χ3n) is 9.25. The summed E-state index contributed by atoms with van der Waals surface area (Å²) in [6.45, 7) is 1.24. The van der Waals surface area contributed by atoms with Crippen LogP contribution in [0.2, 0.25) is 0 Å². The molecule has 15 heteroatoms. The van der Waals surface area contributed by atoms with Gasteiger partial charge in [0.05, 0.1) is 24.0 Å². The van der Waals surface area contributed by atoms with Crippen molar-refractivity contribution < 1.29 is 40.4 Å². The first-order valence-electron chi connectivity index (χ1n) is 16.1. The number of alkyl halides is 4. The normalized spacial score (nSPS) is 19.7. The number of halogens is 4. The number of benzene rings is 2. The predicted octanol–water partition coefficient (Wildman–Crippen LogP) is 4.59. The van der Waals surface area contributed by atoms with Crippen molar-refractivity contribution in [3.8, 4) is 11.1 Å². The lowest BCUT2D eigenvalue weighted by Crippen LogP contribution is -2.57. The minimum atomic E-state index is -5.12. The minimum absolute atomic E-state index is 0.0629. The van der Waals surface area contributed by atoms with Gasteiger partial charge in [-0.05, 0) is 73.9 Å². The van der Waals surface area contributed by atoms with Crippen molar-refractivity contribution in [2.24, 2.45) is 11.5 Å². The largest absolute Gasteiger partial charge is 0.413 e. The number of nitrogens with zero attached hydrogens (tertiary/aromatic N) is 3. The number of aromatic nitrogens is 1. The summed E-state index contributed by atoms with van der Waals surface area (Å²) in [5, 5.41) is -0.339. The summed E-state index contributed by atoms with van der Waals surface area (Å²) in [6.07, 6.45) is -3.58. The number of hydrogen-bond donors (Lipinski definition) is 2. The SMILES string of the molecule is CC(C)(F)C[C@H](N)C(=O)N(C1CCCN(S(=O)(=O)c2ccccn2)CC1=O)[C@@H](c1ccc(-c2ccc(C3(C(N)=O)CC3)cc2)cc1)C(F)(F)F. The van der Waals surface area contributed by atoms with E-state index in [1.165, 1.54) is 48.7 Å². The Balaban J connectivity index is 1.50. The molecule has 1 aromatic heterocycles. The number of hydrogen-bond acceptors (Lipinski definition) is 7. The smallest absolute Gasteiger partial charge is 0.369 e. The molecule has 50 heavy (non-hydrogen) atoms. The Morgan fingerprint density at radius 2 is 1.60 bits per heavy atom. The van der Waals surface area contributed by atoms with Gasteiger partial charge in [-0.3, -0.25) is 14.4 Å². The highest BCUT2D eigenvalue weighted by Gasteiger charge is 2.52. The third kappa shape index (κ3) is 7.74. The molecule has 1 saturated heterocycles. The van der Waals surface area contributed by atoms with Crippen molar-refractivity contribution in [3.05, 3.63) is 84.1 Å². The maximum absolute atomic E-state index is 15.2. The Bertz CT molecular complexity index is 1830. The molecule has 1 aliphatic carbocycles. The Morgan fingerprint density at radius 3 is 2.10 bits per heavy atom. The van der Waals surface area contributed by atoms with E-state index in [4.69, 9.17) is 11.5 Å². The summed E-state index contributed by atoms with van der Waals surface area (Å²) in [5.41, 5.74) is 10.5. The molecule has 5 rings (SSSR count). The molecule has 4 N–H and O–H groups in total. The highest BCUT2D eigenvalue weighted by atomic mass is 32.2. The van der Waals surface area contributed by atoms with Crippen LogP contribution in [-0.2, 0) is 29.8 Å². The molecule has 1 saturated carbocycles.